The van der Waals surface area contributed by atoms with E-state index < -0.39 is 17.1 Å². The zero-order valence-corrected chi connectivity index (χ0v) is 13.3. The lowest BCUT2D eigenvalue weighted by atomic mass is 10.4. The van der Waals surface area contributed by atoms with E-state index in [0.717, 1.165) is 12.2 Å². The lowest BCUT2D eigenvalue weighted by Gasteiger charge is -2.31. The van der Waals surface area contributed by atoms with Crippen molar-refractivity contribution in [2.24, 2.45) is 4.99 Å². The van der Waals surface area contributed by atoms with Crippen LogP contribution in [0.3, 0.4) is 0 Å². The number of aliphatic imine (C=N–C) groups is 1. The Hall–Kier alpha value is -2.32. The molecule has 0 bridgehead atoms. The lowest BCUT2D eigenvalue weighted by Crippen LogP contribution is -2.59. The summed E-state index contributed by atoms with van der Waals surface area (Å²) < 4.78 is 9.64. The van der Waals surface area contributed by atoms with E-state index in [-0.39, 0.29) is 19.8 Å². The molecule has 1 aliphatic heterocycles. The fourth-order valence-electron chi connectivity index (χ4n) is 1.48. The Kier molecular flexibility index (Phi) is 7.86. The molecule has 0 fully saturated rings. The summed E-state index contributed by atoms with van der Waals surface area (Å²) in [5.41, 5.74) is 0. The van der Waals surface area contributed by atoms with Gasteiger partial charge in [-0.25, -0.2) is 14.6 Å². The van der Waals surface area contributed by atoms with Gasteiger partial charge in [0.25, 0.3) is 0 Å². The van der Waals surface area contributed by atoms with Crippen LogP contribution in [0.2, 0.25) is 0 Å². The maximum Gasteiger partial charge on any atom is 0.330 e. The van der Waals surface area contributed by atoms with E-state index in [1.807, 2.05) is 0 Å². The Labute approximate surface area is 139 Å². The van der Waals surface area contributed by atoms with Crippen molar-refractivity contribution in [1.82, 2.24) is 16.0 Å². The third-order valence-corrected chi connectivity index (χ3v) is 2.85. The minimum absolute atomic E-state index is 0.127. The normalized spacial score (nSPS) is 21.0. The SMILES string of the molecule is C=CC(=O)OCCN=C1NC=CC(Cl)(NCCOC(=O)C=C)N1. The van der Waals surface area contributed by atoms with E-state index in [2.05, 4.69) is 34.1 Å². The number of carbonyl (C=O) groups excluding carboxylic acids is 2. The third kappa shape index (κ3) is 7.48. The Balaban J connectivity index is 2.37. The first kappa shape index (κ1) is 18.7. The van der Waals surface area contributed by atoms with E-state index in [0.29, 0.717) is 12.5 Å². The number of alkyl halides is 1. The molecule has 1 aliphatic rings. The molecule has 0 radical (unpaired) electrons. The van der Waals surface area contributed by atoms with E-state index >= 15 is 0 Å². The van der Waals surface area contributed by atoms with E-state index in [4.69, 9.17) is 21.1 Å². The number of rotatable bonds is 9. The van der Waals surface area contributed by atoms with Gasteiger partial charge in [-0.3, -0.25) is 5.32 Å². The van der Waals surface area contributed by atoms with Gasteiger partial charge in [-0.2, -0.15) is 0 Å². The predicted molar refractivity (Wildman–Crippen MR) is 86.6 cm³/mol. The molecule has 0 aromatic rings. The Morgan fingerprint density at radius 2 is 1.96 bits per heavy atom. The molecule has 0 saturated carbocycles. The highest BCUT2D eigenvalue weighted by molar-refractivity contribution is 6.26. The minimum atomic E-state index is -1.07. The maximum absolute atomic E-state index is 10.9. The number of hydrogen-bond donors (Lipinski definition) is 3. The van der Waals surface area contributed by atoms with Crippen LogP contribution < -0.4 is 16.0 Å². The van der Waals surface area contributed by atoms with Crippen LogP contribution >= 0.6 is 11.6 Å². The molecule has 1 heterocycles. The minimum Gasteiger partial charge on any atom is -0.461 e. The van der Waals surface area contributed by atoms with Crippen LogP contribution in [0.15, 0.2) is 42.6 Å². The van der Waals surface area contributed by atoms with Gasteiger partial charge in [-0.1, -0.05) is 24.8 Å². The van der Waals surface area contributed by atoms with Crippen molar-refractivity contribution in [3.63, 3.8) is 0 Å². The second-order valence-corrected chi connectivity index (χ2v) is 4.81. The molecule has 1 rings (SSSR count). The van der Waals surface area contributed by atoms with Gasteiger partial charge < -0.3 is 20.1 Å². The molecule has 0 saturated heterocycles. The number of nitrogens with zero attached hydrogens (tertiary/aromatic N) is 1. The average molecular weight is 343 g/mol. The molecule has 126 valence electrons. The summed E-state index contributed by atoms with van der Waals surface area (Å²) in [6.07, 6.45) is 5.42. The highest BCUT2D eigenvalue weighted by atomic mass is 35.5. The first-order valence-corrected chi connectivity index (χ1v) is 7.16. The number of guanidine groups is 1. The van der Waals surface area contributed by atoms with Crippen molar-refractivity contribution in [2.45, 2.75) is 5.12 Å². The van der Waals surface area contributed by atoms with Crippen molar-refractivity contribution in [3.8, 4) is 0 Å². The van der Waals surface area contributed by atoms with E-state index in [1.54, 1.807) is 12.3 Å². The Morgan fingerprint density at radius 1 is 1.30 bits per heavy atom. The van der Waals surface area contributed by atoms with Gasteiger partial charge in [0, 0.05) is 24.9 Å². The van der Waals surface area contributed by atoms with Gasteiger partial charge in [0.15, 0.2) is 11.1 Å². The number of hydrogen-bond acceptors (Lipinski definition) is 6. The highest BCUT2D eigenvalue weighted by Gasteiger charge is 2.27. The molecule has 0 aromatic heterocycles. The molecule has 9 heteroatoms. The number of halogens is 1. The number of carbonyl (C=O) groups is 2. The molecule has 3 N–H and O–H groups in total. The lowest BCUT2D eigenvalue weighted by molar-refractivity contribution is -0.138. The van der Waals surface area contributed by atoms with Crippen LogP contribution in [0.4, 0.5) is 0 Å². The molecule has 0 aliphatic carbocycles. The highest BCUT2D eigenvalue weighted by Crippen LogP contribution is 2.11. The Morgan fingerprint density at radius 3 is 2.61 bits per heavy atom. The summed E-state index contributed by atoms with van der Waals surface area (Å²) in [5.74, 6) is -0.592. The summed E-state index contributed by atoms with van der Waals surface area (Å²) in [6.45, 7) is 7.45. The van der Waals surface area contributed by atoms with E-state index in [1.165, 1.54) is 0 Å². The molecule has 8 nitrogen and oxygen atoms in total. The summed E-state index contributed by atoms with van der Waals surface area (Å²) >= 11 is 6.32. The van der Waals surface area contributed by atoms with Crippen molar-refractivity contribution in [2.75, 3.05) is 26.3 Å². The predicted octanol–water partition coefficient (Wildman–Crippen LogP) is -0.0105. The van der Waals surface area contributed by atoms with Crippen LogP contribution in [-0.4, -0.2) is 49.3 Å². The standard InChI is InChI=1S/C14H19ClN4O4/c1-3-11(20)22-9-7-17-13-16-6-5-14(15,19-13)18-8-10-23-12(21)4-2/h3-6,18H,1-2,7-10H2,(H2,16,17,19). The average Bonchev–Trinajstić information content (AvgIpc) is 2.55. The third-order valence-electron chi connectivity index (χ3n) is 2.50. The van der Waals surface area contributed by atoms with Crippen molar-refractivity contribution < 1.29 is 19.1 Å². The monoisotopic (exact) mass is 342 g/mol. The van der Waals surface area contributed by atoms with Gasteiger partial charge in [-0.15, -0.1) is 0 Å². The van der Waals surface area contributed by atoms with Gasteiger partial charge in [-0.05, 0) is 6.08 Å². The second kappa shape index (κ2) is 9.65. The smallest absolute Gasteiger partial charge is 0.330 e. The topological polar surface area (TPSA) is 101 Å². The van der Waals surface area contributed by atoms with E-state index in [9.17, 15) is 9.59 Å². The molecule has 0 amide bonds. The molecule has 23 heavy (non-hydrogen) atoms. The second-order valence-electron chi connectivity index (χ2n) is 4.21. The first-order valence-electron chi connectivity index (χ1n) is 6.78. The van der Waals surface area contributed by atoms with Crippen molar-refractivity contribution in [3.05, 3.63) is 37.6 Å². The summed E-state index contributed by atoms with van der Waals surface area (Å²) in [4.78, 5) is 26.0. The van der Waals surface area contributed by atoms with Gasteiger partial charge in [0.2, 0.25) is 0 Å². The van der Waals surface area contributed by atoms with Crippen LogP contribution in [0, 0.1) is 0 Å². The van der Waals surface area contributed by atoms with Gasteiger partial charge in [0.05, 0.1) is 6.54 Å². The molecule has 1 unspecified atom stereocenters. The molecule has 0 aromatic carbocycles. The maximum atomic E-state index is 10.9. The van der Waals surface area contributed by atoms with Gasteiger partial charge in [0.1, 0.15) is 13.2 Å². The zero-order chi connectivity index (χ0) is 17.1. The molecular weight excluding hydrogens is 324 g/mol. The summed E-state index contributed by atoms with van der Waals surface area (Å²) in [5, 5.41) is 7.68. The number of nitrogens with one attached hydrogen (secondary N) is 3. The van der Waals surface area contributed by atoms with Gasteiger partial charge >= 0.3 is 11.9 Å². The number of esters is 2. The molecule has 0 spiro atoms. The van der Waals surface area contributed by atoms with Crippen molar-refractivity contribution >= 4 is 29.5 Å². The Bertz CT molecular complexity index is 521. The summed E-state index contributed by atoms with van der Waals surface area (Å²) in [7, 11) is 0. The molecule has 1 atom stereocenters. The number of ether oxygens (including phenoxy) is 2. The fourth-order valence-corrected chi connectivity index (χ4v) is 1.73. The van der Waals surface area contributed by atoms with Crippen LogP contribution in [0.1, 0.15) is 0 Å². The van der Waals surface area contributed by atoms with Crippen LogP contribution in [-0.2, 0) is 19.1 Å². The zero-order valence-electron chi connectivity index (χ0n) is 12.5. The molecular formula is C14H19ClN4O4. The fraction of sp³-hybridized carbons (Fsp3) is 0.357. The first-order chi connectivity index (χ1) is 11.0. The summed E-state index contributed by atoms with van der Waals surface area (Å²) in [6, 6.07) is 0. The van der Waals surface area contributed by atoms with Crippen LogP contribution in [0.5, 0.6) is 0 Å². The largest absolute Gasteiger partial charge is 0.461 e. The van der Waals surface area contributed by atoms with Crippen molar-refractivity contribution in [1.29, 1.82) is 0 Å². The quantitative estimate of drug-likeness (QED) is 0.178. The van der Waals surface area contributed by atoms with Crippen LogP contribution in [0.25, 0.3) is 0 Å².